The number of alkyl halides is 2. The van der Waals surface area contributed by atoms with Crippen molar-refractivity contribution in [3.05, 3.63) is 42.2 Å². The Hall–Kier alpha value is -1.59. The zero-order valence-electron chi connectivity index (χ0n) is 10.4. The van der Waals surface area contributed by atoms with E-state index in [1.807, 2.05) is 24.3 Å². The van der Waals surface area contributed by atoms with E-state index in [1.54, 1.807) is 12.4 Å². The second-order valence-electron chi connectivity index (χ2n) is 4.31. The molecule has 2 aromatic rings. The molecule has 0 amide bonds. The van der Waals surface area contributed by atoms with Gasteiger partial charge in [-0.1, -0.05) is 24.3 Å². The lowest BCUT2D eigenvalue weighted by molar-refractivity contribution is 0.0152. The van der Waals surface area contributed by atoms with Crippen LogP contribution in [0.2, 0.25) is 0 Å². The van der Waals surface area contributed by atoms with E-state index in [4.69, 9.17) is 10.5 Å². The molecule has 102 valence electrons. The van der Waals surface area contributed by atoms with E-state index in [-0.39, 0.29) is 12.6 Å². The van der Waals surface area contributed by atoms with Gasteiger partial charge >= 0.3 is 0 Å². The number of halogens is 2. The first-order chi connectivity index (χ1) is 9.18. The fraction of sp³-hybridized carbons (Fsp3) is 0.357. The highest BCUT2D eigenvalue weighted by molar-refractivity contribution is 5.84. The lowest BCUT2D eigenvalue weighted by Crippen LogP contribution is -2.15. The van der Waals surface area contributed by atoms with Gasteiger partial charge in [0.1, 0.15) is 6.61 Å². The molecule has 0 spiro atoms. The monoisotopic (exact) mass is 266 g/mol. The van der Waals surface area contributed by atoms with Crippen LogP contribution < -0.4 is 5.73 Å². The molecule has 0 aliphatic carbocycles. The van der Waals surface area contributed by atoms with Gasteiger partial charge in [0.25, 0.3) is 6.43 Å². The third kappa shape index (κ3) is 3.68. The number of aromatic nitrogens is 1. The van der Waals surface area contributed by atoms with Crippen molar-refractivity contribution in [1.82, 2.24) is 4.98 Å². The van der Waals surface area contributed by atoms with E-state index in [1.165, 1.54) is 0 Å². The summed E-state index contributed by atoms with van der Waals surface area (Å²) in [5, 5.41) is 2.06. The summed E-state index contributed by atoms with van der Waals surface area (Å²) in [5.41, 5.74) is 6.99. The summed E-state index contributed by atoms with van der Waals surface area (Å²) < 4.78 is 28.7. The third-order valence-corrected chi connectivity index (χ3v) is 2.92. The number of benzene rings is 1. The summed E-state index contributed by atoms with van der Waals surface area (Å²) in [6.07, 6.45) is 1.55. The van der Waals surface area contributed by atoms with Gasteiger partial charge in [-0.3, -0.25) is 4.98 Å². The van der Waals surface area contributed by atoms with Crippen LogP contribution in [-0.2, 0) is 4.74 Å². The van der Waals surface area contributed by atoms with Crippen LogP contribution in [0, 0.1) is 0 Å². The zero-order chi connectivity index (χ0) is 13.7. The standard InChI is InChI=1S/C14H16F2N2O/c15-14(16)9-19-6-5-13(17)12-8-18-7-10-3-1-2-4-11(10)12/h1-4,7-8,13-14H,5-6,9,17H2. The quantitative estimate of drug-likeness (QED) is 0.818. The summed E-state index contributed by atoms with van der Waals surface area (Å²) >= 11 is 0. The highest BCUT2D eigenvalue weighted by Gasteiger charge is 2.11. The number of nitrogens with zero attached hydrogens (tertiary/aromatic N) is 1. The Morgan fingerprint density at radius 2 is 2.00 bits per heavy atom. The van der Waals surface area contributed by atoms with Crippen molar-refractivity contribution >= 4 is 10.8 Å². The summed E-state index contributed by atoms with van der Waals surface area (Å²) in [5.74, 6) is 0. The van der Waals surface area contributed by atoms with Gasteiger partial charge in [0.2, 0.25) is 0 Å². The lowest BCUT2D eigenvalue weighted by Gasteiger charge is -2.14. The Morgan fingerprint density at radius 1 is 1.21 bits per heavy atom. The number of ether oxygens (including phenoxy) is 1. The maximum atomic E-state index is 11.9. The molecule has 0 bridgehead atoms. The van der Waals surface area contributed by atoms with Crippen molar-refractivity contribution in [3.63, 3.8) is 0 Å². The Morgan fingerprint density at radius 3 is 2.79 bits per heavy atom. The van der Waals surface area contributed by atoms with E-state index < -0.39 is 13.0 Å². The topological polar surface area (TPSA) is 48.1 Å². The second-order valence-corrected chi connectivity index (χ2v) is 4.31. The molecule has 2 rings (SSSR count). The molecule has 1 heterocycles. The van der Waals surface area contributed by atoms with Gasteiger partial charge in [-0.25, -0.2) is 8.78 Å². The Labute approximate surface area is 110 Å². The van der Waals surface area contributed by atoms with E-state index in [2.05, 4.69) is 4.98 Å². The first-order valence-electron chi connectivity index (χ1n) is 6.12. The summed E-state index contributed by atoms with van der Waals surface area (Å²) in [6.45, 7) is -0.324. The molecule has 3 nitrogen and oxygen atoms in total. The van der Waals surface area contributed by atoms with Crippen molar-refractivity contribution < 1.29 is 13.5 Å². The van der Waals surface area contributed by atoms with E-state index >= 15 is 0 Å². The van der Waals surface area contributed by atoms with E-state index in [0.29, 0.717) is 6.42 Å². The molecule has 0 aliphatic heterocycles. The molecule has 1 unspecified atom stereocenters. The van der Waals surface area contributed by atoms with Gasteiger partial charge in [-0.05, 0) is 17.4 Å². The van der Waals surface area contributed by atoms with Gasteiger partial charge in [-0.15, -0.1) is 0 Å². The van der Waals surface area contributed by atoms with Crippen molar-refractivity contribution in [2.45, 2.75) is 18.9 Å². The number of hydrogen-bond acceptors (Lipinski definition) is 3. The minimum atomic E-state index is -2.43. The molecular weight excluding hydrogens is 250 g/mol. The molecule has 19 heavy (non-hydrogen) atoms. The van der Waals surface area contributed by atoms with Crippen molar-refractivity contribution in [2.75, 3.05) is 13.2 Å². The molecule has 0 fully saturated rings. The zero-order valence-corrected chi connectivity index (χ0v) is 10.4. The van der Waals surface area contributed by atoms with Crippen LogP contribution >= 0.6 is 0 Å². The van der Waals surface area contributed by atoms with E-state index in [0.717, 1.165) is 16.3 Å². The SMILES string of the molecule is NC(CCOCC(F)F)c1cncc2ccccc12. The smallest absolute Gasteiger partial charge is 0.261 e. The molecule has 0 aliphatic rings. The molecule has 5 heteroatoms. The first kappa shape index (κ1) is 13.8. The van der Waals surface area contributed by atoms with Gasteiger partial charge in [0.15, 0.2) is 0 Å². The summed E-state index contributed by atoms with van der Waals surface area (Å²) in [7, 11) is 0. The predicted octanol–water partition coefficient (Wildman–Crippen LogP) is 2.91. The molecule has 0 saturated carbocycles. The maximum Gasteiger partial charge on any atom is 0.261 e. The average Bonchev–Trinajstić information content (AvgIpc) is 2.42. The first-order valence-corrected chi connectivity index (χ1v) is 6.12. The predicted molar refractivity (Wildman–Crippen MR) is 70.1 cm³/mol. The Balaban J connectivity index is 2.03. The van der Waals surface area contributed by atoms with Gasteiger partial charge < -0.3 is 10.5 Å². The molecular formula is C14H16F2N2O. The normalized spacial score (nSPS) is 13.1. The fourth-order valence-electron chi connectivity index (χ4n) is 1.97. The van der Waals surface area contributed by atoms with Crippen molar-refractivity contribution in [2.24, 2.45) is 5.73 Å². The Kier molecular flexibility index (Phi) is 4.76. The lowest BCUT2D eigenvalue weighted by atomic mass is 10.0. The van der Waals surface area contributed by atoms with Crippen LogP contribution in [0.3, 0.4) is 0 Å². The molecule has 1 aromatic heterocycles. The minimum Gasteiger partial charge on any atom is -0.375 e. The maximum absolute atomic E-state index is 11.9. The second kappa shape index (κ2) is 6.54. The van der Waals surface area contributed by atoms with Gasteiger partial charge in [-0.2, -0.15) is 0 Å². The third-order valence-electron chi connectivity index (χ3n) is 2.92. The summed E-state index contributed by atoms with van der Waals surface area (Å²) in [6, 6.07) is 7.55. The number of fused-ring (bicyclic) bond motifs is 1. The average molecular weight is 266 g/mol. The van der Waals surface area contributed by atoms with Crippen LogP contribution in [0.4, 0.5) is 8.78 Å². The van der Waals surface area contributed by atoms with Crippen LogP contribution in [0.1, 0.15) is 18.0 Å². The van der Waals surface area contributed by atoms with Crippen LogP contribution in [0.25, 0.3) is 10.8 Å². The van der Waals surface area contributed by atoms with Crippen LogP contribution in [0.15, 0.2) is 36.7 Å². The van der Waals surface area contributed by atoms with Crippen LogP contribution in [0.5, 0.6) is 0 Å². The highest BCUT2D eigenvalue weighted by Crippen LogP contribution is 2.23. The number of nitrogens with two attached hydrogens (primary N) is 1. The van der Waals surface area contributed by atoms with E-state index in [9.17, 15) is 8.78 Å². The molecule has 0 radical (unpaired) electrons. The number of hydrogen-bond donors (Lipinski definition) is 1. The van der Waals surface area contributed by atoms with Crippen molar-refractivity contribution in [1.29, 1.82) is 0 Å². The fourth-order valence-corrected chi connectivity index (χ4v) is 1.97. The molecule has 1 aromatic carbocycles. The van der Waals surface area contributed by atoms with Crippen LogP contribution in [-0.4, -0.2) is 24.6 Å². The highest BCUT2D eigenvalue weighted by atomic mass is 19.3. The van der Waals surface area contributed by atoms with Gasteiger partial charge in [0, 0.05) is 30.4 Å². The summed E-state index contributed by atoms with van der Waals surface area (Å²) in [4.78, 5) is 4.15. The number of rotatable bonds is 6. The molecule has 2 N–H and O–H groups in total. The Bertz CT molecular complexity index is 528. The molecule has 0 saturated heterocycles. The van der Waals surface area contributed by atoms with Gasteiger partial charge in [0.05, 0.1) is 0 Å². The van der Waals surface area contributed by atoms with Crippen molar-refractivity contribution in [3.8, 4) is 0 Å². The molecule has 1 atom stereocenters. The minimum absolute atomic E-state index is 0.217. The largest absolute Gasteiger partial charge is 0.375 e. The number of pyridine rings is 1.